The van der Waals surface area contributed by atoms with Crippen molar-refractivity contribution >= 4 is 17.3 Å². The van der Waals surface area contributed by atoms with Crippen molar-refractivity contribution in [1.29, 1.82) is 0 Å². The molecule has 1 heterocycles. The van der Waals surface area contributed by atoms with Crippen molar-refractivity contribution in [3.05, 3.63) is 47.5 Å². The highest BCUT2D eigenvalue weighted by Gasteiger charge is 2.19. The summed E-state index contributed by atoms with van der Waals surface area (Å²) in [6, 6.07) is 12.1. The van der Waals surface area contributed by atoms with Crippen molar-refractivity contribution in [2.45, 2.75) is 13.3 Å². The lowest BCUT2D eigenvalue weighted by atomic mass is 9.99. The third kappa shape index (κ3) is 1.74. The van der Waals surface area contributed by atoms with Gasteiger partial charge in [0, 0.05) is 16.9 Å². The first-order valence-corrected chi connectivity index (χ1v) is 5.93. The minimum atomic E-state index is 0.0328. The zero-order valence-corrected chi connectivity index (χ0v) is 10.2. The van der Waals surface area contributed by atoms with Gasteiger partial charge in [-0.15, -0.1) is 0 Å². The minimum absolute atomic E-state index is 0.0328. The van der Waals surface area contributed by atoms with E-state index in [0.717, 1.165) is 22.4 Å². The number of hydrogen-bond acceptors (Lipinski definition) is 2. The molecule has 0 aliphatic carbocycles. The fraction of sp³-hybridized carbons (Fsp3) is 0.133. The maximum absolute atomic E-state index is 11.4. The van der Waals surface area contributed by atoms with Crippen LogP contribution in [0.1, 0.15) is 11.1 Å². The zero-order valence-electron chi connectivity index (χ0n) is 10.2. The maximum atomic E-state index is 11.4. The van der Waals surface area contributed by atoms with Crippen LogP contribution in [-0.4, -0.2) is 5.91 Å². The number of nitrogen functional groups attached to an aromatic ring is 1. The van der Waals surface area contributed by atoms with Crippen molar-refractivity contribution in [2.24, 2.45) is 0 Å². The summed E-state index contributed by atoms with van der Waals surface area (Å²) in [7, 11) is 0. The van der Waals surface area contributed by atoms with Gasteiger partial charge in [-0.2, -0.15) is 0 Å². The number of rotatable bonds is 1. The number of fused-ring (bicyclic) bond motifs is 1. The molecule has 0 saturated heterocycles. The van der Waals surface area contributed by atoms with Crippen molar-refractivity contribution in [3.63, 3.8) is 0 Å². The molecular formula is C15H14N2O. The normalized spacial score (nSPS) is 13.3. The number of amides is 1. The topological polar surface area (TPSA) is 55.1 Å². The summed E-state index contributed by atoms with van der Waals surface area (Å²) in [6.45, 7) is 2.05. The number of carbonyl (C=O) groups excluding carboxylic acids is 1. The monoisotopic (exact) mass is 238 g/mol. The Kier molecular flexibility index (Phi) is 2.33. The molecule has 1 aliphatic rings. The van der Waals surface area contributed by atoms with Gasteiger partial charge < -0.3 is 11.1 Å². The number of anilines is 2. The van der Waals surface area contributed by atoms with Gasteiger partial charge in [0.1, 0.15) is 0 Å². The van der Waals surface area contributed by atoms with Crippen molar-refractivity contribution in [2.75, 3.05) is 11.1 Å². The van der Waals surface area contributed by atoms with E-state index in [1.54, 1.807) is 0 Å². The Balaban J connectivity index is 2.11. The maximum Gasteiger partial charge on any atom is 0.228 e. The molecule has 2 aromatic rings. The molecule has 0 fully saturated rings. The van der Waals surface area contributed by atoms with Gasteiger partial charge in [-0.1, -0.05) is 29.8 Å². The van der Waals surface area contributed by atoms with Crippen molar-refractivity contribution in [3.8, 4) is 11.1 Å². The van der Waals surface area contributed by atoms with Crippen LogP contribution in [0.3, 0.4) is 0 Å². The second kappa shape index (κ2) is 3.88. The van der Waals surface area contributed by atoms with Crippen LogP contribution in [0.25, 0.3) is 11.1 Å². The molecule has 0 aromatic heterocycles. The predicted octanol–water partition coefficient (Wildman–Crippen LogP) is 2.74. The zero-order chi connectivity index (χ0) is 12.7. The molecule has 2 aromatic carbocycles. The van der Waals surface area contributed by atoms with E-state index in [0.29, 0.717) is 12.1 Å². The third-order valence-electron chi connectivity index (χ3n) is 3.26. The van der Waals surface area contributed by atoms with Crippen molar-refractivity contribution < 1.29 is 4.79 Å². The molecule has 3 nitrogen and oxygen atoms in total. The second-order valence-electron chi connectivity index (χ2n) is 4.69. The summed E-state index contributed by atoms with van der Waals surface area (Å²) in [4.78, 5) is 11.4. The van der Waals surface area contributed by atoms with E-state index in [2.05, 4.69) is 36.5 Å². The number of aryl methyl sites for hydroxylation is 1. The van der Waals surface area contributed by atoms with Gasteiger partial charge in [0.05, 0.1) is 6.42 Å². The Labute approximate surface area is 106 Å². The van der Waals surface area contributed by atoms with E-state index >= 15 is 0 Å². The largest absolute Gasteiger partial charge is 0.398 e. The average molecular weight is 238 g/mol. The molecule has 3 rings (SSSR count). The molecule has 1 aliphatic heterocycles. The van der Waals surface area contributed by atoms with Gasteiger partial charge in [-0.3, -0.25) is 4.79 Å². The quantitative estimate of drug-likeness (QED) is 0.750. The summed E-state index contributed by atoms with van der Waals surface area (Å²) in [5, 5.41) is 2.81. The van der Waals surface area contributed by atoms with Crippen LogP contribution in [-0.2, 0) is 11.2 Å². The van der Waals surface area contributed by atoms with E-state index in [-0.39, 0.29) is 5.91 Å². The first-order chi connectivity index (χ1) is 8.63. The molecule has 1 amide bonds. The van der Waals surface area contributed by atoms with Gasteiger partial charge in [-0.25, -0.2) is 0 Å². The Bertz CT molecular complexity index is 630. The standard InChI is InChI=1S/C15H14N2O/c1-9-2-4-10(5-3-9)12-6-11-7-15(18)17-14(11)8-13(12)16/h2-6,8H,7,16H2,1H3,(H,17,18). The third-order valence-corrected chi connectivity index (χ3v) is 3.26. The number of benzene rings is 2. The van der Waals surface area contributed by atoms with Crippen LogP contribution < -0.4 is 11.1 Å². The van der Waals surface area contributed by atoms with Gasteiger partial charge in [0.2, 0.25) is 5.91 Å². The van der Waals surface area contributed by atoms with Crippen LogP contribution in [0.4, 0.5) is 11.4 Å². The molecule has 3 heteroatoms. The summed E-state index contributed by atoms with van der Waals surface area (Å²) in [5.74, 6) is 0.0328. The fourth-order valence-corrected chi connectivity index (χ4v) is 2.27. The second-order valence-corrected chi connectivity index (χ2v) is 4.69. The lowest BCUT2D eigenvalue weighted by Crippen LogP contribution is -2.03. The number of nitrogens with two attached hydrogens (primary N) is 1. The summed E-state index contributed by atoms with van der Waals surface area (Å²) < 4.78 is 0. The molecule has 90 valence electrons. The van der Waals surface area contributed by atoms with Gasteiger partial charge in [0.15, 0.2) is 0 Å². The molecule has 0 spiro atoms. The van der Waals surface area contributed by atoms with Gasteiger partial charge >= 0.3 is 0 Å². The number of hydrogen-bond donors (Lipinski definition) is 2. The van der Waals surface area contributed by atoms with Gasteiger partial charge in [0.25, 0.3) is 0 Å². The first kappa shape index (κ1) is 10.8. The van der Waals surface area contributed by atoms with Crippen LogP contribution in [0.5, 0.6) is 0 Å². The molecule has 18 heavy (non-hydrogen) atoms. The lowest BCUT2D eigenvalue weighted by Gasteiger charge is -2.09. The van der Waals surface area contributed by atoms with Crippen molar-refractivity contribution in [1.82, 2.24) is 0 Å². The van der Waals surface area contributed by atoms with E-state index in [1.165, 1.54) is 5.56 Å². The Morgan fingerprint density at radius 1 is 1.17 bits per heavy atom. The van der Waals surface area contributed by atoms with E-state index < -0.39 is 0 Å². The highest BCUT2D eigenvalue weighted by Crippen LogP contribution is 2.34. The Morgan fingerprint density at radius 2 is 1.89 bits per heavy atom. The molecular weight excluding hydrogens is 224 g/mol. The smallest absolute Gasteiger partial charge is 0.228 e. The Morgan fingerprint density at radius 3 is 2.61 bits per heavy atom. The SMILES string of the molecule is Cc1ccc(-c2cc3c(cc2N)NC(=O)C3)cc1. The fourth-order valence-electron chi connectivity index (χ4n) is 2.27. The van der Waals surface area contributed by atoms with E-state index in [1.807, 2.05) is 12.1 Å². The van der Waals surface area contributed by atoms with Gasteiger partial charge in [-0.05, 0) is 30.2 Å². The highest BCUT2D eigenvalue weighted by atomic mass is 16.1. The molecule has 0 bridgehead atoms. The first-order valence-electron chi connectivity index (χ1n) is 5.93. The highest BCUT2D eigenvalue weighted by molar-refractivity contribution is 6.01. The van der Waals surface area contributed by atoms with Crippen LogP contribution in [0, 0.1) is 6.92 Å². The van der Waals surface area contributed by atoms with Crippen LogP contribution >= 0.6 is 0 Å². The molecule has 3 N–H and O–H groups in total. The summed E-state index contributed by atoms with van der Waals surface area (Å²) in [6.07, 6.45) is 0.439. The summed E-state index contributed by atoms with van der Waals surface area (Å²) in [5.41, 5.74) is 11.9. The minimum Gasteiger partial charge on any atom is -0.398 e. The van der Waals surface area contributed by atoms with E-state index in [9.17, 15) is 4.79 Å². The Hall–Kier alpha value is -2.29. The lowest BCUT2D eigenvalue weighted by molar-refractivity contribution is -0.115. The number of carbonyl (C=O) groups is 1. The molecule has 0 radical (unpaired) electrons. The van der Waals surface area contributed by atoms with Crippen LogP contribution in [0.2, 0.25) is 0 Å². The predicted molar refractivity (Wildman–Crippen MR) is 73.4 cm³/mol. The molecule has 0 unspecified atom stereocenters. The van der Waals surface area contributed by atoms with Crippen LogP contribution in [0.15, 0.2) is 36.4 Å². The van der Waals surface area contributed by atoms with E-state index in [4.69, 9.17) is 5.73 Å². The molecule has 0 saturated carbocycles. The molecule has 0 atom stereocenters. The summed E-state index contributed by atoms with van der Waals surface area (Å²) >= 11 is 0. The number of nitrogens with one attached hydrogen (secondary N) is 1. The average Bonchev–Trinajstić information content (AvgIpc) is 2.68.